The van der Waals surface area contributed by atoms with E-state index in [1.807, 2.05) is 6.07 Å². The van der Waals surface area contributed by atoms with Gasteiger partial charge in [0, 0.05) is 36.6 Å². The molecular formula is C31H36F2N6O3. The third-order valence-electron chi connectivity index (χ3n) is 7.79. The molecular weight excluding hydrogens is 542 g/mol. The van der Waals surface area contributed by atoms with Gasteiger partial charge in [-0.2, -0.15) is 4.99 Å². The Morgan fingerprint density at radius 1 is 1.10 bits per heavy atom. The average Bonchev–Trinajstić information content (AvgIpc) is 2.99. The SMILES string of the molecule is CN1CCC(c2ccc(C(=O)N=C(N)c3nc(OCc4cc(F)ccc4F)ccc3N)c(NC3CCOCC3)c2)CC1. The first-order valence-corrected chi connectivity index (χ1v) is 14.2. The van der Waals surface area contributed by atoms with E-state index in [4.69, 9.17) is 20.9 Å². The third kappa shape index (κ3) is 7.21. The maximum Gasteiger partial charge on any atom is 0.281 e. The first-order chi connectivity index (χ1) is 20.3. The lowest BCUT2D eigenvalue weighted by molar-refractivity contribution is 0.0904. The van der Waals surface area contributed by atoms with E-state index in [0.29, 0.717) is 24.7 Å². The van der Waals surface area contributed by atoms with Gasteiger partial charge >= 0.3 is 0 Å². The Morgan fingerprint density at radius 2 is 1.86 bits per heavy atom. The number of aliphatic imine (C=N–C) groups is 1. The molecule has 0 aliphatic carbocycles. The summed E-state index contributed by atoms with van der Waals surface area (Å²) in [7, 11) is 2.13. The molecule has 0 spiro atoms. The number of ether oxygens (including phenoxy) is 2. The molecule has 0 unspecified atom stereocenters. The highest BCUT2D eigenvalue weighted by Gasteiger charge is 2.23. The molecule has 9 nitrogen and oxygen atoms in total. The van der Waals surface area contributed by atoms with Crippen LogP contribution >= 0.6 is 0 Å². The molecule has 2 aliphatic heterocycles. The number of amidine groups is 1. The average molecular weight is 579 g/mol. The predicted octanol–water partition coefficient (Wildman–Crippen LogP) is 4.47. The number of benzene rings is 2. The number of nitrogens with one attached hydrogen (secondary N) is 1. The van der Waals surface area contributed by atoms with E-state index in [9.17, 15) is 13.6 Å². The number of carbonyl (C=O) groups excluding carboxylic acids is 1. The number of likely N-dealkylation sites (tertiary alicyclic amines) is 1. The minimum Gasteiger partial charge on any atom is -0.473 e. The van der Waals surface area contributed by atoms with E-state index in [1.54, 1.807) is 6.07 Å². The van der Waals surface area contributed by atoms with E-state index in [2.05, 4.69) is 33.3 Å². The third-order valence-corrected chi connectivity index (χ3v) is 7.79. The van der Waals surface area contributed by atoms with Crippen molar-refractivity contribution in [3.05, 3.63) is 82.5 Å². The Bertz CT molecular complexity index is 1450. The number of nitrogens with two attached hydrogens (primary N) is 2. The smallest absolute Gasteiger partial charge is 0.281 e. The van der Waals surface area contributed by atoms with E-state index in [-0.39, 0.29) is 41.3 Å². The van der Waals surface area contributed by atoms with Gasteiger partial charge in [0.1, 0.15) is 23.9 Å². The molecule has 0 radical (unpaired) electrons. The number of amides is 1. The van der Waals surface area contributed by atoms with Crippen LogP contribution in [0.25, 0.3) is 0 Å². The lowest BCUT2D eigenvalue weighted by Gasteiger charge is -2.30. The number of hydrogen-bond donors (Lipinski definition) is 3. The second kappa shape index (κ2) is 13.3. The van der Waals surface area contributed by atoms with Crippen LogP contribution in [-0.2, 0) is 11.3 Å². The molecule has 1 amide bonds. The lowest BCUT2D eigenvalue weighted by Crippen LogP contribution is -2.30. The van der Waals surface area contributed by atoms with Crippen LogP contribution in [0.2, 0.25) is 0 Å². The van der Waals surface area contributed by atoms with Crippen LogP contribution in [0.3, 0.4) is 0 Å². The normalized spacial score (nSPS) is 17.3. The molecule has 2 saturated heterocycles. The fourth-order valence-electron chi connectivity index (χ4n) is 5.29. The lowest BCUT2D eigenvalue weighted by atomic mass is 9.88. The van der Waals surface area contributed by atoms with Crippen LogP contribution in [0.1, 0.15) is 58.8 Å². The minimum absolute atomic E-state index is 0.0280. The van der Waals surface area contributed by atoms with Crippen molar-refractivity contribution in [1.29, 1.82) is 0 Å². The maximum absolute atomic E-state index is 14.0. The molecule has 5 rings (SSSR count). The molecule has 1 aromatic heterocycles. The summed E-state index contributed by atoms with van der Waals surface area (Å²) < 4.78 is 38.6. The molecule has 3 aromatic rings. The highest BCUT2D eigenvalue weighted by molar-refractivity contribution is 6.11. The predicted molar refractivity (Wildman–Crippen MR) is 158 cm³/mol. The van der Waals surface area contributed by atoms with E-state index >= 15 is 0 Å². The summed E-state index contributed by atoms with van der Waals surface area (Å²) in [6.07, 6.45) is 3.79. The summed E-state index contributed by atoms with van der Waals surface area (Å²) in [6, 6.07) is 12.1. The number of anilines is 2. The molecule has 2 aromatic carbocycles. The zero-order valence-electron chi connectivity index (χ0n) is 23.6. The van der Waals surface area contributed by atoms with Gasteiger partial charge in [-0.05, 0) is 93.7 Å². The number of rotatable bonds is 8. The fraction of sp³-hybridized carbons (Fsp3) is 0.387. The topological polar surface area (TPSA) is 128 Å². The van der Waals surface area contributed by atoms with Crippen molar-refractivity contribution < 1.29 is 23.0 Å². The van der Waals surface area contributed by atoms with Gasteiger partial charge in [-0.25, -0.2) is 13.8 Å². The minimum atomic E-state index is -0.606. The summed E-state index contributed by atoms with van der Waals surface area (Å²) >= 11 is 0. The number of halogens is 2. The Hall–Kier alpha value is -4.09. The van der Waals surface area contributed by atoms with Crippen molar-refractivity contribution in [2.24, 2.45) is 10.7 Å². The van der Waals surface area contributed by atoms with Crippen molar-refractivity contribution in [3.8, 4) is 5.88 Å². The van der Waals surface area contributed by atoms with Gasteiger partial charge in [-0.15, -0.1) is 0 Å². The first kappa shape index (κ1) is 29.4. The summed E-state index contributed by atoms with van der Waals surface area (Å²) in [6.45, 7) is 3.12. The van der Waals surface area contributed by atoms with E-state index in [1.165, 1.54) is 17.7 Å². The number of pyridine rings is 1. The second-order valence-corrected chi connectivity index (χ2v) is 10.8. The number of nitrogens with zero attached hydrogens (tertiary/aromatic N) is 3. The van der Waals surface area contributed by atoms with Crippen molar-refractivity contribution in [2.75, 3.05) is 44.4 Å². The maximum atomic E-state index is 14.0. The van der Waals surface area contributed by atoms with Crippen LogP contribution in [0.4, 0.5) is 20.2 Å². The molecule has 2 fully saturated rings. The molecule has 42 heavy (non-hydrogen) atoms. The van der Waals surface area contributed by atoms with Gasteiger partial charge in [0.2, 0.25) is 5.88 Å². The van der Waals surface area contributed by atoms with Gasteiger partial charge in [-0.1, -0.05) is 6.07 Å². The highest BCUT2D eigenvalue weighted by Crippen LogP contribution is 2.32. The number of piperidine rings is 1. The molecule has 0 bridgehead atoms. The first-order valence-electron chi connectivity index (χ1n) is 14.2. The monoisotopic (exact) mass is 578 g/mol. The molecule has 5 N–H and O–H groups in total. The molecule has 3 heterocycles. The summed E-state index contributed by atoms with van der Waals surface area (Å²) in [5.74, 6) is -1.42. The Balaban J connectivity index is 1.37. The summed E-state index contributed by atoms with van der Waals surface area (Å²) in [4.78, 5) is 24.2. The molecule has 0 atom stereocenters. The van der Waals surface area contributed by atoms with Crippen molar-refractivity contribution >= 4 is 23.1 Å². The Kier molecular flexibility index (Phi) is 9.28. The van der Waals surface area contributed by atoms with Crippen molar-refractivity contribution in [3.63, 3.8) is 0 Å². The number of nitrogen functional groups attached to an aromatic ring is 1. The summed E-state index contributed by atoms with van der Waals surface area (Å²) in [5, 5.41) is 3.55. The van der Waals surface area contributed by atoms with Gasteiger partial charge in [0.25, 0.3) is 5.91 Å². The summed E-state index contributed by atoms with van der Waals surface area (Å²) in [5.41, 5.74) is 14.9. The Morgan fingerprint density at radius 3 is 2.62 bits per heavy atom. The van der Waals surface area contributed by atoms with Gasteiger partial charge < -0.3 is 31.2 Å². The molecule has 222 valence electrons. The van der Waals surface area contributed by atoms with Crippen LogP contribution in [0, 0.1) is 11.6 Å². The molecule has 0 saturated carbocycles. The largest absolute Gasteiger partial charge is 0.473 e. The number of carbonyl (C=O) groups is 1. The zero-order valence-corrected chi connectivity index (χ0v) is 23.6. The highest BCUT2D eigenvalue weighted by atomic mass is 19.1. The van der Waals surface area contributed by atoms with Crippen LogP contribution in [0.15, 0.2) is 53.5 Å². The zero-order chi connectivity index (χ0) is 29.6. The number of hydrogen-bond acceptors (Lipinski definition) is 7. The van der Waals surface area contributed by atoms with Gasteiger partial charge in [0.15, 0.2) is 5.84 Å². The van der Waals surface area contributed by atoms with E-state index in [0.717, 1.165) is 62.7 Å². The van der Waals surface area contributed by atoms with Crippen LogP contribution < -0.4 is 21.5 Å². The molecule has 2 aliphatic rings. The van der Waals surface area contributed by atoms with Crippen LogP contribution in [0.5, 0.6) is 5.88 Å². The van der Waals surface area contributed by atoms with Gasteiger partial charge in [0.05, 0.1) is 11.3 Å². The van der Waals surface area contributed by atoms with Crippen molar-refractivity contribution in [1.82, 2.24) is 9.88 Å². The van der Waals surface area contributed by atoms with Gasteiger partial charge in [-0.3, -0.25) is 4.79 Å². The van der Waals surface area contributed by atoms with Crippen molar-refractivity contribution in [2.45, 2.75) is 44.2 Å². The number of aromatic nitrogens is 1. The second-order valence-electron chi connectivity index (χ2n) is 10.8. The van der Waals surface area contributed by atoms with E-state index < -0.39 is 17.5 Å². The molecule has 11 heteroatoms. The quantitative estimate of drug-likeness (QED) is 0.264. The van der Waals surface area contributed by atoms with Crippen LogP contribution in [-0.4, -0.2) is 61.0 Å². The fourth-order valence-corrected chi connectivity index (χ4v) is 5.29. The Labute approximate surface area is 243 Å². The standard InChI is InChI=1S/C31H36F2N6O3/c1-39-12-8-19(9-13-39)20-2-4-24(27(17-20)36-23-10-14-41-15-11-23)31(40)38-30(35)29-26(34)6-7-28(37-29)42-18-21-16-22(32)3-5-25(21)33/h2-7,16-17,19,23,36H,8-15,18,34H2,1H3,(H2,35,38,40).